The average Bonchev–Trinajstić information content (AvgIpc) is 3.49. The van der Waals surface area contributed by atoms with Crippen LogP contribution in [0.15, 0.2) is 61.1 Å². The van der Waals surface area contributed by atoms with Crippen LogP contribution in [-0.2, 0) is 12.0 Å². The number of nitriles is 1. The summed E-state index contributed by atoms with van der Waals surface area (Å²) in [6.45, 7) is 2.72. The van der Waals surface area contributed by atoms with Gasteiger partial charge in [0.25, 0.3) is 0 Å². The Bertz CT molecular complexity index is 1360. The molecule has 0 N–H and O–H groups in total. The lowest BCUT2D eigenvalue weighted by Gasteiger charge is -2.30. The highest BCUT2D eigenvalue weighted by atomic mass is 16.5. The first-order valence-electron chi connectivity index (χ1n) is 10.9. The average molecular weight is 437 g/mol. The molecule has 0 radical (unpaired) electrons. The molecule has 164 valence electrons. The molecule has 4 aromatic rings. The van der Waals surface area contributed by atoms with Gasteiger partial charge in [-0.15, -0.1) is 0 Å². The van der Waals surface area contributed by atoms with Crippen LogP contribution in [0.4, 0.5) is 0 Å². The van der Waals surface area contributed by atoms with Gasteiger partial charge in [-0.25, -0.2) is 14.6 Å². The first-order chi connectivity index (χ1) is 16.1. The van der Waals surface area contributed by atoms with E-state index in [1.165, 1.54) is 0 Å². The molecule has 3 heterocycles. The van der Waals surface area contributed by atoms with E-state index in [9.17, 15) is 5.26 Å². The number of ether oxygens (including phenoxy) is 1. The number of hydrogen-bond donors (Lipinski definition) is 0. The molecule has 1 atom stereocenters. The molecule has 2 aromatic carbocycles. The number of aromatic nitrogens is 5. The van der Waals surface area contributed by atoms with Crippen molar-refractivity contribution in [3.8, 4) is 17.5 Å². The molecule has 7 nitrogen and oxygen atoms in total. The van der Waals surface area contributed by atoms with Gasteiger partial charge < -0.3 is 9.30 Å². The molecule has 0 amide bonds. The summed E-state index contributed by atoms with van der Waals surface area (Å²) < 4.78 is 9.43. The molecule has 0 bridgehead atoms. The second-order valence-electron chi connectivity index (χ2n) is 8.19. The number of fused-ring (bicyclic) bond motifs is 1. The van der Waals surface area contributed by atoms with Crippen LogP contribution in [0.2, 0.25) is 0 Å². The van der Waals surface area contributed by atoms with Gasteiger partial charge in [-0.05, 0) is 49.1 Å². The molecule has 0 aliphatic carbocycles. The molecule has 0 saturated heterocycles. The number of hydrogen-bond acceptors (Lipinski definition) is 5. The van der Waals surface area contributed by atoms with Crippen LogP contribution in [-0.4, -0.2) is 31.4 Å². The van der Waals surface area contributed by atoms with Crippen molar-refractivity contribution in [3.05, 3.63) is 89.5 Å². The van der Waals surface area contributed by atoms with Crippen LogP contribution in [0.1, 0.15) is 41.3 Å². The summed E-state index contributed by atoms with van der Waals surface area (Å²) in [5, 5.41) is 14.8. The van der Waals surface area contributed by atoms with Crippen LogP contribution in [0.25, 0.3) is 17.8 Å². The molecule has 33 heavy (non-hydrogen) atoms. The Labute approximate surface area is 192 Å². The molecular formula is C26H24N6O. The van der Waals surface area contributed by atoms with Crippen LogP contribution in [0, 0.1) is 18.3 Å². The molecule has 2 aromatic heterocycles. The van der Waals surface area contributed by atoms with Crippen LogP contribution >= 0.6 is 0 Å². The standard InChI is InChI=1S/C26H24N6O/c1-19-16-31(18-28-19)22-11-9-20(15-23(22)33-2)10-12-24-29-25-26(17-27,13-6-14-32(25)30-24)21-7-4-3-5-8-21/h3-5,7-12,15-16,18H,6,13-14H2,1-2H3/b12-10+. The minimum atomic E-state index is -0.771. The zero-order chi connectivity index (χ0) is 22.8. The molecule has 0 fully saturated rings. The van der Waals surface area contributed by atoms with Crippen LogP contribution in [0.5, 0.6) is 5.75 Å². The molecule has 1 unspecified atom stereocenters. The molecule has 1 aliphatic heterocycles. The maximum atomic E-state index is 10.2. The Morgan fingerprint density at radius 3 is 2.73 bits per heavy atom. The van der Waals surface area contributed by atoms with Crippen molar-refractivity contribution in [2.75, 3.05) is 7.11 Å². The first kappa shape index (κ1) is 20.7. The van der Waals surface area contributed by atoms with Gasteiger partial charge in [-0.2, -0.15) is 10.4 Å². The van der Waals surface area contributed by atoms with Gasteiger partial charge in [0, 0.05) is 12.7 Å². The van der Waals surface area contributed by atoms with E-state index in [-0.39, 0.29) is 0 Å². The van der Waals surface area contributed by atoms with E-state index in [0.717, 1.165) is 47.6 Å². The van der Waals surface area contributed by atoms with Crippen LogP contribution < -0.4 is 4.74 Å². The predicted molar refractivity (Wildman–Crippen MR) is 126 cm³/mol. The SMILES string of the molecule is COc1cc(/C=C/c2nc3n(n2)CCCC3(C#N)c2ccccc2)ccc1-n1cnc(C)c1. The van der Waals surface area contributed by atoms with Gasteiger partial charge in [0.1, 0.15) is 11.2 Å². The highest BCUT2D eigenvalue weighted by Crippen LogP contribution is 2.38. The number of aryl methyl sites for hydroxylation is 2. The Morgan fingerprint density at radius 2 is 2.00 bits per heavy atom. The fourth-order valence-electron chi connectivity index (χ4n) is 4.41. The quantitative estimate of drug-likeness (QED) is 0.458. The first-order valence-corrected chi connectivity index (χ1v) is 10.9. The number of rotatable bonds is 5. The summed E-state index contributed by atoms with van der Waals surface area (Å²) >= 11 is 0. The maximum Gasteiger partial charge on any atom is 0.174 e. The predicted octanol–water partition coefficient (Wildman–Crippen LogP) is 4.55. The summed E-state index contributed by atoms with van der Waals surface area (Å²) in [6.07, 6.45) is 9.20. The van der Waals surface area contributed by atoms with E-state index in [2.05, 4.69) is 16.2 Å². The third-order valence-corrected chi connectivity index (χ3v) is 6.07. The lowest BCUT2D eigenvalue weighted by molar-refractivity contribution is 0.393. The largest absolute Gasteiger partial charge is 0.495 e. The Kier molecular flexibility index (Phi) is 5.27. The summed E-state index contributed by atoms with van der Waals surface area (Å²) in [7, 11) is 1.66. The van der Waals surface area contributed by atoms with E-state index >= 15 is 0 Å². The van der Waals surface area contributed by atoms with E-state index in [4.69, 9.17) is 9.72 Å². The summed E-state index contributed by atoms with van der Waals surface area (Å²) in [5.74, 6) is 2.06. The molecule has 5 rings (SSSR count). The fraction of sp³-hybridized carbons (Fsp3) is 0.231. The smallest absolute Gasteiger partial charge is 0.174 e. The van der Waals surface area contributed by atoms with E-state index in [1.54, 1.807) is 13.4 Å². The fourth-order valence-corrected chi connectivity index (χ4v) is 4.41. The number of imidazole rings is 1. The van der Waals surface area contributed by atoms with Crippen molar-refractivity contribution >= 4 is 12.2 Å². The minimum absolute atomic E-state index is 0.593. The molecule has 7 heteroatoms. The lowest BCUT2D eigenvalue weighted by atomic mass is 9.75. The topological polar surface area (TPSA) is 81.5 Å². The molecule has 0 spiro atoms. The molecule has 0 saturated carbocycles. The summed E-state index contributed by atoms with van der Waals surface area (Å²) in [6, 6.07) is 18.4. The van der Waals surface area contributed by atoms with Crippen molar-refractivity contribution < 1.29 is 4.74 Å². The second kappa shape index (κ2) is 8.40. The number of benzene rings is 2. The summed E-state index contributed by atoms with van der Waals surface area (Å²) in [4.78, 5) is 9.07. The third-order valence-electron chi connectivity index (χ3n) is 6.07. The Morgan fingerprint density at radius 1 is 1.15 bits per heavy atom. The monoisotopic (exact) mass is 436 g/mol. The normalized spacial score (nSPS) is 17.6. The number of nitrogens with zero attached hydrogens (tertiary/aromatic N) is 6. The van der Waals surface area contributed by atoms with E-state index < -0.39 is 5.41 Å². The summed E-state index contributed by atoms with van der Waals surface area (Å²) in [5.41, 5.74) is 3.03. The van der Waals surface area contributed by atoms with Crippen molar-refractivity contribution in [1.82, 2.24) is 24.3 Å². The maximum absolute atomic E-state index is 10.2. The van der Waals surface area contributed by atoms with E-state index in [1.807, 2.05) is 83.1 Å². The second-order valence-corrected chi connectivity index (χ2v) is 8.19. The van der Waals surface area contributed by atoms with Crippen molar-refractivity contribution in [2.45, 2.75) is 31.7 Å². The van der Waals surface area contributed by atoms with Crippen molar-refractivity contribution in [1.29, 1.82) is 5.26 Å². The van der Waals surface area contributed by atoms with Gasteiger partial charge in [-0.1, -0.05) is 42.5 Å². The van der Waals surface area contributed by atoms with Gasteiger partial charge in [0.2, 0.25) is 0 Å². The minimum Gasteiger partial charge on any atom is -0.495 e. The zero-order valence-electron chi connectivity index (χ0n) is 18.6. The lowest BCUT2D eigenvalue weighted by Crippen LogP contribution is -2.34. The third kappa shape index (κ3) is 3.70. The molecule has 1 aliphatic rings. The number of methoxy groups -OCH3 is 1. The highest BCUT2D eigenvalue weighted by Gasteiger charge is 2.41. The van der Waals surface area contributed by atoms with Crippen molar-refractivity contribution in [3.63, 3.8) is 0 Å². The van der Waals surface area contributed by atoms with Crippen molar-refractivity contribution in [2.24, 2.45) is 0 Å². The van der Waals surface area contributed by atoms with Gasteiger partial charge >= 0.3 is 0 Å². The highest BCUT2D eigenvalue weighted by molar-refractivity contribution is 5.69. The van der Waals surface area contributed by atoms with E-state index in [0.29, 0.717) is 11.6 Å². The van der Waals surface area contributed by atoms with Gasteiger partial charge in [-0.3, -0.25) is 0 Å². The van der Waals surface area contributed by atoms with Gasteiger partial charge in [0.05, 0.1) is 30.9 Å². The zero-order valence-corrected chi connectivity index (χ0v) is 18.6. The van der Waals surface area contributed by atoms with Crippen LogP contribution in [0.3, 0.4) is 0 Å². The van der Waals surface area contributed by atoms with Gasteiger partial charge in [0.15, 0.2) is 11.6 Å². The Balaban J connectivity index is 1.46. The Hall–Kier alpha value is -4.18. The molecular weight excluding hydrogens is 412 g/mol.